The Bertz CT molecular complexity index is 663. The van der Waals surface area contributed by atoms with Crippen molar-refractivity contribution in [2.75, 3.05) is 6.54 Å². The number of aromatic nitrogens is 2. The number of hydrogen-bond acceptors (Lipinski definition) is 5. The van der Waals surface area contributed by atoms with Crippen molar-refractivity contribution >= 4 is 17.6 Å². The number of aliphatic imine (C=N–C) groups is 1. The van der Waals surface area contributed by atoms with Crippen LogP contribution in [0.1, 0.15) is 73.2 Å². The maximum absolute atomic E-state index is 5.09. The van der Waals surface area contributed by atoms with E-state index in [9.17, 15) is 0 Å². The highest BCUT2D eigenvalue weighted by atomic mass is 32.1. The molecule has 2 aromatic heterocycles. The molecule has 0 aliphatic carbocycles. The van der Waals surface area contributed by atoms with Crippen LogP contribution in [0.15, 0.2) is 45.1 Å². The van der Waals surface area contributed by atoms with Crippen LogP contribution in [0.2, 0.25) is 0 Å². The SMILES string of the molecule is CC(C)(C)C1=CCN=C1.CC(C)(C)c1ncco1.CC(C)(C)c1nccs1. The van der Waals surface area contributed by atoms with Crippen LogP contribution in [0.3, 0.4) is 0 Å². The summed E-state index contributed by atoms with van der Waals surface area (Å²) in [7, 11) is 0. The van der Waals surface area contributed by atoms with Gasteiger partial charge in [-0.15, -0.1) is 11.3 Å². The van der Waals surface area contributed by atoms with Crippen LogP contribution in [-0.2, 0) is 10.8 Å². The second-order valence-electron chi connectivity index (χ2n) is 9.58. The van der Waals surface area contributed by atoms with Crippen LogP contribution in [0.4, 0.5) is 0 Å². The minimum atomic E-state index is 0.0451. The fourth-order valence-corrected chi connectivity index (χ4v) is 2.77. The molecular formula is C22H35N3OS. The average molecular weight is 390 g/mol. The van der Waals surface area contributed by atoms with E-state index in [1.807, 2.05) is 17.8 Å². The van der Waals surface area contributed by atoms with Crippen molar-refractivity contribution in [2.45, 2.75) is 73.1 Å². The van der Waals surface area contributed by atoms with Gasteiger partial charge in [0.1, 0.15) is 6.26 Å². The Morgan fingerprint density at radius 3 is 1.74 bits per heavy atom. The molecule has 3 heterocycles. The quantitative estimate of drug-likeness (QED) is 0.520. The Hall–Kier alpha value is -1.75. The molecule has 3 rings (SSSR count). The molecule has 0 saturated heterocycles. The standard InChI is InChI=1S/C8H13N.C7H11NO.C7H11NS/c1-8(2,3)7-4-5-9-6-7;2*1-7(2,3)6-8-4-5-9-6/h4,6H,5H2,1-3H3;2*4-5H,1-3H3. The van der Waals surface area contributed by atoms with E-state index in [2.05, 4.69) is 83.4 Å². The minimum absolute atomic E-state index is 0.0451. The predicted octanol–water partition coefficient (Wildman–Crippen LogP) is 6.46. The molecule has 0 N–H and O–H groups in total. The maximum atomic E-state index is 5.09. The van der Waals surface area contributed by atoms with Gasteiger partial charge in [0.2, 0.25) is 0 Å². The molecule has 4 nitrogen and oxygen atoms in total. The van der Waals surface area contributed by atoms with Gasteiger partial charge in [-0.2, -0.15) is 0 Å². The van der Waals surface area contributed by atoms with Crippen molar-refractivity contribution in [1.29, 1.82) is 0 Å². The first-order valence-corrected chi connectivity index (χ1v) is 10.2. The highest BCUT2D eigenvalue weighted by molar-refractivity contribution is 7.09. The third kappa shape index (κ3) is 8.65. The zero-order valence-corrected chi connectivity index (χ0v) is 19.1. The molecule has 1 aliphatic heterocycles. The van der Waals surface area contributed by atoms with Crippen LogP contribution in [-0.4, -0.2) is 22.7 Å². The summed E-state index contributed by atoms with van der Waals surface area (Å²) in [6.45, 7) is 20.2. The maximum Gasteiger partial charge on any atom is 0.199 e. The molecule has 0 saturated carbocycles. The van der Waals surface area contributed by atoms with E-state index in [4.69, 9.17) is 4.42 Å². The molecule has 5 heteroatoms. The van der Waals surface area contributed by atoms with Crippen molar-refractivity contribution in [2.24, 2.45) is 10.4 Å². The lowest BCUT2D eigenvalue weighted by Gasteiger charge is -2.16. The molecule has 0 aromatic carbocycles. The second-order valence-corrected chi connectivity index (χ2v) is 10.5. The fraction of sp³-hybridized carbons (Fsp3) is 0.591. The van der Waals surface area contributed by atoms with Crippen molar-refractivity contribution in [3.05, 3.63) is 46.6 Å². The second kappa shape index (κ2) is 9.45. The number of thiazole rings is 1. The van der Waals surface area contributed by atoms with Gasteiger partial charge in [0.15, 0.2) is 5.89 Å². The highest BCUT2D eigenvalue weighted by Crippen LogP contribution is 2.25. The van der Waals surface area contributed by atoms with Crippen LogP contribution < -0.4 is 0 Å². The monoisotopic (exact) mass is 389 g/mol. The summed E-state index contributed by atoms with van der Waals surface area (Å²) < 4.78 is 5.09. The molecule has 0 unspecified atom stereocenters. The number of nitrogens with zero attached hydrogens (tertiary/aromatic N) is 3. The van der Waals surface area contributed by atoms with E-state index in [1.165, 1.54) is 10.6 Å². The Morgan fingerprint density at radius 1 is 0.852 bits per heavy atom. The van der Waals surface area contributed by atoms with Crippen molar-refractivity contribution in [3.8, 4) is 0 Å². The van der Waals surface area contributed by atoms with E-state index in [0.29, 0.717) is 5.41 Å². The van der Waals surface area contributed by atoms with E-state index in [0.717, 1.165) is 12.4 Å². The Labute approximate surface area is 168 Å². The van der Waals surface area contributed by atoms with Gasteiger partial charge in [0, 0.05) is 28.6 Å². The summed E-state index contributed by atoms with van der Waals surface area (Å²) in [5, 5.41) is 3.23. The zero-order chi connectivity index (χ0) is 20.7. The summed E-state index contributed by atoms with van der Waals surface area (Å²) in [4.78, 5) is 12.3. The lowest BCUT2D eigenvalue weighted by atomic mass is 9.88. The third-order valence-electron chi connectivity index (χ3n) is 3.66. The Kier molecular flexibility index (Phi) is 8.15. The molecule has 1 aliphatic rings. The molecule has 150 valence electrons. The molecule has 0 amide bonds. The van der Waals surface area contributed by atoms with Crippen molar-refractivity contribution < 1.29 is 4.42 Å². The molecule has 0 spiro atoms. The third-order valence-corrected chi connectivity index (χ3v) is 4.86. The predicted molar refractivity (Wildman–Crippen MR) is 117 cm³/mol. The topological polar surface area (TPSA) is 51.3 Å². The van der Waals surface area contributed by atoms with Crippen LogP contribution in [0, 0.1) is 5.41 Å². The first-order chi connectivity index (χ1) is 12.3. The summed E-state index contributed by atoms with van der Waals surface area (Å²) in [6, 6.07) is 0. The first kappa shape index (κ1) is 23.3. The molecular weight excluding hydrogens is 354 g/mol. The average Bonchev–Trinajstić information content (AvgIpc) is 3.28. The molecule has 2 aromatic rings. The summed E-state index contributed by atoms with van der Waals surface area (Å²) in [6.07, 6.45) is 9.27. The lowest BCUT2D eigenvalue weighted by Crippen LogP contribution is -2.10. The summed E-state index contributed by atoms with van der Waals surface area (Å²) in [5.41, 5.74) is 1.93. The first-order valence-electron chi connectivity index (χ1n) is 9.32. The van der Waals surface area contributed by atoms with Gasteiger partial charge in [-0.05, 0) is 11.0 Å². The number of oxazole rings is 1. The number of hydrogen-bond donors (Lipinski definition) is 0. The fourth-order valence-electron chi connectivity index (χ4n) is 2.04. The normalized spacial score (nSPS) is 14.0. The minimum Gasteiger partial charge on any atom is -0.448 e. The Balaban J connectivity index is 0.000000202. The molecule has 0 bridgehead atoms. The van der Waals surface area contributed by atoms with Gasteiger partial charge in [-0.25, -0.2) is 9.97 Å². The highest BCUT2D eigenvalue weighted by Gasteiger charge is 2.18. The van der Waals surface area contributed by atoms with Gasteiger partial charge in [0.05, 0.1) is 17.7 Å². The Morgan fingerprint density at radius 2 is 1.52 bits per heavy atom. The van der Waals surface area contributed by atoms with Crippen molar-refractivity contribution in [3.63, 3.8) is 0 Å². The summed E-state index contributed by atoms with van der Waals surface area (Å²) >= 11 is 1.72. The van der Waals surface area contributed by atoms with Crippen LogP contribution in [0.5, 0.6) is 0 Å². The van der Waals surface area contributed by atoms with Crippen LogP contribution >= 0.6 is 11.3 Å². The van der Waals surface area contributed by atoms with E-state index >= 15 is 0 Å². The van der Waals surface area contributed by atoms with E-state index in [-0.39, 0.29) is 10.8 Å². The van der Waals surface area contributed by atoms with Gasteiger partial charge in [-0.1, -0.05) is 68.4 Å². The largest absolute Gasteiger partial charge is 0.448 e. The summed E-state index contributed by atoms with van der Waals surface area (Å²) in [5.74, 6) is 0.794. The zero-order valence-electron chi connectivity index (χ0n) is 18.3. The smallest absolute Gasteiger partial charge is 0.199 e. The molecule has 0 radical (unpaired) electrons. The number of allylic oxidation sites excluding steroid dienone is 1. The van der Waals surface area contributed by atoms with Gasteiger partial charge in [0.25, 0.3) is 0 Å². The van der Waals surface area contributed by atoms with Crippen molar-refractivity contribution in [1.82, 2.24) is 9.97 Å². The van der Waals surface area contributed by atoms with Gasteiger partial charge in [-0.3, -0.25) is 4.99 Å². The molecule has 27 heavy (non-hydrogen) atoms. The number of rotatable bonds is 0. The van der Waals surface area contributed by atoms with Gasteiger partial charge >= 0.3 is 0 Å². The lowest BCUT2D eigenvalue weighted by molar-refractivity contribution is 0.392. The van der Waals surface area contributed by atoms with Crippen LogP contribution in [0.25, 0.3) is 0 Å². The van der Waals surface area contributed by atoms with Gasteiger partial charge < -0.3 is 4.42 Å². The molecule has 0 fully saturated rings. The van der Waals surface area contributed by atoms with E-state index < -0.39 is 0 Å². The molecule has 0 atom stereocenters. The van der Waals surface area contributed by atoms with E-state index in [1.54, 1.807) is 23.8 Å².